The Morgan fingerprint density at radius 1 is 1.40 bits per heavy atom. The van der Waals surface area contributed by atoms with E-state index >= 15 is 0 Å². The first kappa shape index (κ1) is 14.8. The third-order valence-corrected chi connectivity index (χ3v) is 4.03. The monoisotopic (exact) mass is 292 g/mol. The highest BCUT2D eigenvalue weighted by Gasteiger charge is 2.11. The molecule has 2 N–H and O–H groups in total. The van der Waals surface area contributed by atoms with E-state index in [1.807, 2.05) is 30.5 Å². The van der Waals surface area contributed by atoms with E-state index in [2.05, 4.69) is 11.9 Å². The van der Waals surface area contributed by atoms with Gasteiger partial charge in [-0.05, 0) is 19.4 Å². The summed E-state index contributed by atoms with van der Waals surface area (Å²) in [7, 11) is 1.64. The van der Waals surface area contributed by atoms with Crippen LogP contribution in [0.5, 0.6) is 11.5 Å². The lowest BCUT2D eigenvalue weighted by atomic mass is 10.1. The predicted octanol–water partition coefficient (Wildman–Crippen LogP) is 3.31. The van der Waals surface area contributed by atoms with Gasteiger partial charge in [0.2, 0.25) is 0 Å². The van der Waals surface area contributed by atoms with E-state index in [0.29, 0.717) is 6.61 Å². The van der Waals surface area contributed by atoms with E-state index < -0.39 is 0 Å². The molecule has 0 amide bonds. The zero-order valence-corrected chi connectivity index (χ0v) is 12.9. The molecule has 0 saturated carbocycles. The summed E-state index contributed by atoms with van der Waals surface area (Å²) in [5, 5.41) is 3.16. The zero-order valence-electron chi connectivity index (χ0n) is 12.1. The second-order valence-corrected chi connectivity index (χ2v) is 5.51. The highest BCUT2D eigenvalue weighted by atomic mass is 32.1. The molecule has 2 aromatic rings. The van der Waals surface area contributed by atoms with Crippen LogP contribution < -0.4 is 15.2 Å². The van der Waals surface area contributed by atoms with Gasteiger partial charge in [0.25, 0.3) is 0 Å². The maximum Gasteiger partial charge on any atom is 0.131 e. The third kappa shape index (κ3) is 3.49. The standard InChI is InChI=1S/C15H20N2O2S/c1-4-15-17-11(9-20-15)8-19-14-7-12(18-3)5-6-13(14)10(2)16/h5-7,9-10H,4,8,16H2,1-3H3/t10-/m0/s1. The van der Waals surface area contributed by atoms with Gasteiger partial charge in [0, 0.05) is 23.1 Å². The number of ether oxygens (including phenoxy) is 2. The molecule has 20 heavy (non-hydrogen) atoms. The fraction of sp³-hybridized carbons (Fsp3) is 0.400. The van der Waals surface area contributed by atoms with Crippen LogP contribution in [0.4, 0.5) is 0 Å². The molecule has 1 heterocycles. The van der Waals surface area contributed by atoms with E-state index in [4.69, 9.17) is 15.2 Å². The molecule has 0 aliphatic carbocycles. The Morgan fingerprint density at radius 3 is 2.80 bits per heavy atom. The van der Waals surface area contributed by atoms with Crippen molar-refractivity contribution in [1.82, 2.24) is 4.98 Å². The first-order valence-corrected chi connectivity index (χ1v) is 7.51. The molecule has 0 bridgehead atoms. The number of hydrogen-bond acceptors (Lipinski definition) is 5. The van der Waals surface area contributed by atoms with Gasteiger partial charge in [-0.2, -0.15) is 0 Å². The van der Waals surface area contributed by atoms with Crippen LogP contribution in [-0.2, 0) is 13.0 Å². The van der Waals surface area contributed by atoms with Crippen LogP contribution in [0, 0.1) is 0 Å². The van der Waals surface area contributed by atoms with Gasteiger partial charge >= 0.3 is 0 Å². The van der Waals surface area contributed by atoms with Crippen molar-refractivity contribution >= 4 is 11.3 Å². The quantitative estimate of drug-likeness (QED) is 0.887. The number of thiazole rings is 1. The maximum absolute atomic E-state index is 5.97. The molecule has 108 valence electrons. The van der Waals surface area contributed by atoms with Crippen molar-refractivity contribution < 1.29 is 9.47 Å². The fourth-order valence-electron chi connectivity index (χ4n) is 1.87. The van der Waals surface area contributed by atoms with Crippen molar-refractivity contribution in [3.8, 4) is 11.5 Å². The summed E-state index contributed by atoms with van der Waals surface area (Å²) in [6.45, 7) is 4.48. The lowest BCUT2D eigenvalue weighted by Gasteiger charge is -2.14. The van der Waals surface area contributed by atoms with E-state index in [1.54, 1.807) is 18.4 Å². The van der Waals surface area contributed by atoms with Crippen molar-refractivity contribution in [2.45, 2.75) is 32.9 Å². The van der Waals surface area contributed by atoms with Gasteiger partial charge in [-0.3, -0.25) is 0 Å². The number of rotatable bonds is 6. The van der Waals surface area contributed by atoms with Crippen LogP contribution in [0.2, 0.25) is 0 Å². The van der Waals surface area contributed by atoms with E-state index in [0.717, 1.165) is 34.2 Å². The SMILES string of the molecule is CCc1nc(COc2cc(OC)ccc2[C@H](C)N)cs1. The maximum atomic E-state index is 5.97. The summed E-state index contributed by atoms with van der Waals surface area (Å²) >= 11 is 1.66. The lowest BCUT2D eigenvalue weighted by Crippen LogP contribution is -2.08. The third-order valence-electron chi connectivity index (χ3n) is 2.99. The normalized spacial score (nSPS) is 12.2. The average Bonchev–Trinajstić information content (AvgIpc) is 2.92. The number of methoxy groups -OCH3 is 1. The van der Waals surface area contributed by atoms with Gasteiger partial charge in [0.1, 0.15) is 18.1 Å². The first-order chi connectivity index (χ1) is 9.63. The van der Waals surface area contributed by atoms with Crippen molar-refractivity contribution in [2.24, 2.45) is 5.73 Å². The van der Waals surface area contributed by atoms with E-state index in [9.17, 15) is 0 Å². The highest BCUT2D eigenvalue weighted by Crippen LogP contribution is 2.29. The minimum Gasteiger partial charge on any atom is -0.497 e. The van der Waals surface area contributed by atoms with E-state index in [-0.39, 0.29) is 6.04 Å². The van der Waals surface area contributed by atoms with Gasteiger partial charge < -0.3 is 15.2 Å². The van der Waals surface area contributed by atoms with Crippen molar-refractivity contribution in [3.05, 3.63) is 39.8 Å². The predicted molar refractivity (Wildman–Crippen MR) is 81.4 cm³/mol. The molecule has 0 aliphatic rings. The summed E-state index contributed by atoms with van der Waals surface area (Å²) in [6, 6.07) is 5.62. The number of aryl methyl sites for hydroxylation is 1. The molecule has 0 unspecified atom stereocenters. The average molecular weight is 292 g/mol. The Balaban J connectivity index is 2.14. The summed E-state index contributed by atoms with van der Waals surface area (Å²) < 4.78 is 11.1. The molecule has 0 radical (unpaired) electrons. The summed E-state index contributed by atoms with van der Waals surface area (Å²) in [4.78, 5) is 4.49. The van der Waals surface area contributed by atoms with Crippen LogP contribution in [0.1, 0.15) is 36.2 Å². The largest absolute Gasteiger partial charge is 0.497 e. The van der Waals surface area contributed by atoms with Crippen LogP contribution in [0.25, 0.3) is 0 Å². The molecule has 2 rings (SSSR count). The Hall–Kier alpha value is -1.59. The Morgan fingerprint density at radius 2 is 2.20 bits per heavy atom. The molecule has 0 aliphatic heterocycles. The molecular formula is C15H20N2O2S. The number of nitrogens with two attached hydrogens (primary N) is 1. The number of hydrogen-bond donors (Lipinski definition) is 1. The fourth-order valence-corrected chi connectivity index (χ4v) is 2.60. The number of nitrogens with zero attached hydrogens (tertiary/aromatic N) is 1. The number of benzene rings is 1. The Labute approximate surface area is 123 Å². The molecule has 0 saturated heterocycles. The van der Waals surface area contributed by atoms with Gasteiger partial charge in [0.15, 0.2) is 0 Å². The minimum absolute atomic E-state index is 0.0856. The van der Waals surface area contributed by atoms with Crippen LogP contribution in [0.3, 0.4) is 0 Å². The molecule has 0 spiro atoms. The molecule has 1 aromatic heterocycles. The lowest BCUT2D eigenvalue weighted by molar-refractivity contribution is 0.295. The molecule has 0 fully saturated rings. The molecule has 4 nitrogen and oxygen atoms in total. The summed E-state index contributed by atoms with van der Waals surface area (Å²) in [5.74, 6) is 1.52. The molecule has 5 heteroatoms. The summed E-state index contributed by atoms with van der Waals surface area (Å²) in [5.41, 5.74) is 7.88. The van der Waals surface area contributed by atoms with Gasteiger partial charge in [0.05, 0.1) is 17.8 Å². The smallest absolute Gasteiger partial charge is 0.131 e. The summed E-state index contributed by atoms with van der Waals surface area (Å²) in [6.07, 6.45) is 0.953. The van der Waals surface area contributed by atoms with Gasteiger partial charge in [-0.15, -0.1) is 11.3 Å². The highest BCUT2D eigenvalue weighted by molar-refractivity contribution is 7.09. The second kappa shape index (κ2) is 6.72. The first-order valence-electron chi connectivity index (χ1n) is 6.63. The van der Waals surface area contributed by atoms with Crippen molar-refractivity contribution in [3.63, 3.8) is 0 Å². The van der Waals surface area contributed by atoms with Gasteiger partial charge in [-0.25, -0.2) is 4.98 Å². The van der Waals surface area contributed by atoms with Crippen LogP contribution in [-0.4, -0.2) is 12.1 Å². The minimum atomic E-state index is -0.0856. The zero-order chi connectivity index (χ0) is 14.5. The van der Waals surface area contributed by atoms with E-state index in [1.165, 1.54) is 0 Å². The Kier molecular flexibility index (Phi) is 4.98. The molecule has 1 aromatic carbocycles. The number of aromatic nitrogens is 1. The van der Waals surface area contributed by atoms with Crippen molar-refractivity contribution in [2.75, 3.05) is 7.11 Å². The molecule has 1 atom stereocenters. The topological polar surface area (TPSA) is 57.4 Å². The Bertz CT molecular complexity index is 567. The van der Waals surface area contributed by atoms with Gasteiger partial charge in [-0.1, -0.05) is 13.0 Å². The second-order valence-electron chi connectivity index (χ2n) is 4.57. The molecular weight excluding hydrogens is 272 g/mol. The van der Waals surface area contributed by atoms with Crippen LogP contribution >= 0.6 is 11.3 Å². The van der Waals surface area contributed by atoms with Crippen LogP contribution in [0.15, 0.2) is 23.6 Å². The van der Waals surface area contributed by atoms with Crippen molar-refractivity contribution in [1.29, 1.82) is 0 Å².